The summed E-state index contributed by atoms with van der Waals surface area (Å²) >= 11 is 9.43. The molecule has 0 bridgehead atoms. The molecule has 0 aliphatic carbocycles. The van der Waals surface area contributed by atoms with E-state index in [9.17, 15) is 19.7 Å². The summed E-state index contributed by atoms with van der Waals surface area (Å²) < 4.78 is 13.1. The molecular formula is C31H19BrClN5O6. The molecule has 1 N–H and O–H groups in total. The van der Waals surface area contributed by atoms with Crippen LogP contribution in [0.4, 0.5) is 11.4 Å². The van der Waals surface area contributed by atoms with Gasteiger partial charge in [-0.1, -0.05) is 57.9 Å². The number of hydrogen-bond acceptors (Lipinski definition) is 8. The number of nitrogens with zero attached hydrogens (tertiary/aromatic N) is 4. The number of para-hydroxylation sites is 2. The minimum absolute atomic E-state index is 0.0893. The Labute approximate surface area is 261 Å². The topological polar surface area (TPSA) is 142 Å². The summed E-state index contributed by atoms with van der Waals surface area (Å²) in [4.78, 5) is 42.2. The average molecular weight is 673 g/mol. The first-order chi connectivity index (χ1) is 21.3. The lowest BCUT2D eigenvalue weighted by molar-refractivity contribution is -0.385. The number of nitro groups is 1. The highest BCUT2D eigenvalue weighted by Gasteiger charge is 2.22. The summed E-state index contributed by atoms with van der Waals surface area (Å²) in [6.45, 7) is -0.525. The van der Waals surface area contributed by atoms with Crippen molar-refractivity contribution in [2.75, 3.05) is 11.9 Å². The van der Waals surface area contributed by atoms with Gasteiger partial charge in [0.1, 0.15) is 5.58 Å². The zero-order chi connectivity index (χ0) is 30.8. The fourth-order valence-corrected chi connectivity index (χ4v) is 5.12. The van der Waals surface area contributed by atoms with Gasteiger partial charge in [0, 0.05) is 32.2 Å². The molecule has 0 saturated heterocycles. The number of carbonyl (C=O) groups is 1. The molecule has 11 nitrogen and oxygen atoms in total. The van der Waals surface area contributed by atoms with Crippen LogP contribution in [0, 0.1) is 10.1 Å². The smallest absolute Gasteiger partial charge is 0.312 e. The molecule has 0 aliphatic heterocycles. The first kappa shape index (κ1) is 28.8. The highest BCUT2D eigenvalue weighted by atomic mass is 79.9. The molecule has 1 amide bonds. The molecule has 6 aromatic rings. The van der Waals surface area contributed by atoms with Gasteiger partial charge in [-0.25, -0.2) is 4.98 Å². The largest absolute Gasteiger partial charge is 0.476 e. The second-order valence-corrected chi connectivity index (χ2v) is 10.8. The molecule has 2 aromatic heterocycles. The van der Waals surface area contributed by atoms with E-state index >= 15 is 0 Å². The second-order valence-electron chi connectivity index (χ2n) is 9.41. The third-order valence-corrected chi connectivity index (χ3v) is 7.12. The lowest BCUT2D eigenvalue weighted by Gasteiger charge is -2.11. The number of carbonyl (C=O) groups excluding carboxylic acids is 1. The van der Waals surface area contributed by atoms with E-state index < -0.39 is 28.7 Å². The molecule has 0 fully saturated rings. The van der Waals surface area contributed by atoms with Gasteiger partial charge in [0.2, 0.25) is 11.6 Å². The number of fused-ring (bicyclic) bond motifs is 2. The van der Waals surface area contributed by atoms with Gasteiger partial charge in [0.15, 0.2) is 12.4 Å². The third-order valence-electron chi connectivity index (χ3n) is 6.43. The average Bonchev–Trinajstić information content (AvgIpc) is 3.43. The van der Waals surface area contributed by atoms with Crippen molar-refractivity contribution in [2.24, 2.45) is 5.10 Å². The van der Waals surface area contributed by atoms with Crippen molar-refractivity contribution in [3.05, 3.63) is 127 Å². The zero-order valence-electron chi connectivity index (χ0n) is 22.4. The Bertz CT molecular complexity index is 2160. The van der Waals surface area contributed by atoms with Crippen molar-refractivity contribution in [3.8, 4) is 17.3 Å². The first-order valence-electron chi connectivity index (χ1n) is 13.0. The van der Waals surface area contributed by atoms with E-state index in [1.54, 1.807) is 78.9 Å². The molecule has 0 spiro atoms. The maximum atomic E-state index is 13.7. The van der Waals surface area contributed by atoms with E-state index in [-0.39, 0.29) is 22.9 Å². The van der Waals surface area contributed by atoms with Crippen molar-refractivity contribution in [3.63, 3.8) is 0 Å². The SMILES string of the molecule is O=C(COc1c(C=Nn2c(-c3cc4cc(Cl)ccc4o3)nc3ccccc3c2=O)cc(Br)cc1[N+](=O)[O-])Nc1ccccc1. The van der Waals surface area contributed by atoms with Crippen molar-refractivity contribution < 1.29 is 18.9 Å². The number of anilines is 1. The quantitative estimate of drug-likeness (QED) is 0.104. The van der Waals surface area contributed by atoms with Gasteiger partial charge >= 0.3 is 5.69 Å². The van der Waals surface area contributed by atoms with Crippen molar-refractivity contribution in [2.45, 2.75) is 0 Å². The molecule has 4 aromatic carbocycles. The predicted octanol–water partition coefficient (Wildman–Crippen LogP) is 7.03. The van der Waals surface area contributed by atoms with Crippen LogP contribution in [-0.2, 0) is 4.79 Å². The van der Waals surface area contributed by atoms with E-state index in [0.29, 0.717) is 37.1 Å². The van der Waals surface area contributed by atoms with Crippen LogP contribution in [0.3, 0.4) is 0 Å². The highest BCUT2D eigenvalue weighted by molar-refractivity contribution is 9.10. The van der Waals surface area contributed by atoms with Crippen molar-refractivity contribution in [1.29, 1.82) is 0 Å². The van der Waals surface area contributed by atoms with Gasteiger partial charge in [-0.15, -0.1) is 0 Å². The van der Waals surface area contributed by atoms with Crippen molar-refractivity contribution >= 4 is 72.9 Å². The monoisotopic (exact) mass is 671 g/mol. The van der Waals surface area contributed by atoms with Gasteiger partial charge in [-0.05, 0) is 54.6 Å². The Kier molecular flexibility index (Phi) is 7.92. The predicted molar refractivity (Wildman–Crippen MR) is 171 cm³/mol. The van der Waals surface area contributed by atoms with Crippen LogP contribution in [0.5, 0.6) is 5.75 Å². The summed E-state index contributed by atoms with van der Waals surface area (Å²) in [6.07, 6.45) is 1.23. The number of rotatable bonds is 8. The maximum absolute atomic E-state index is 13.7. The van der Waals surface area contributed by atoms with Crippen LogP contribution in [0.2, 0.25) is 5.02 Å². The maximum Gasteiger partial charge on any atom is 0.312 e. The molecule has 218 valence electrons. The number of nitrogens with one attached hydrogen (secondary N) is 1. The van der Waals surface area contributed by atoms with Gasteiger partial charge < -0.3 is 14.5 Å². The standard InChI is InChI=1S/C31H19BrClN5O6/c32-20-12-19(29(25(15-20)38(41)42)43-17-28(39)35-22-6-2-1-3-7-22)16-34-37-30(36-24-9-5-4-8-23(24)31(37)40)27-14-18-13-21(33)10-11-26(18)44-27/h1-16H,17H2,(H,35,39). The van der Waals surface area contributed by atoms with Gasteiger partial charge in [0.25, 0.3) is 11.5 Å². The Hall–Kier alpha value is -5.33. The third kappa shape index (κ3) is 5.93. The molecule has 13 heteroatoms. The number of hydrogen-bond donors (Lipinski definition) is 1. The molecule has 44 heavy (non-hydrogen) atoms. The van der Waals surface area contributed by atoms with Crippen molar-refractivity contribution in [1.82, 2.24) is 9.66 Å². The zero-order valence-corrected chi connectivity index (χ0v) is 24.8. The number of nitro benzene ring substituents is 1. The molecule has 2 heterocycles. The number of furan rings is 1. The number of benzene rings is 4. The van der Waals surface area contributed by atoms with E-state index in [4.69, 9.17) is 20.8 Å². The Balaban J connectivity index is 1.43. The first-order valence-corrected chi connectivity index (χ1v) is 14.1. The lowest BCUT2D eigenvalue weighted by atomic mass is 10.2. The molecular weight excluding hydrogens is 654 g/mol. The van der Waals surface area contributed by atoms with Crippen LogP contribution in [0.1, 0.15) is 5.56 Å². The van der Waals surface area contributed by atoms with Gasteiger partial charge in [0.05, 0.1) is 22.0 Å². The summed E-state index contributed by atoms with van der Waals surface area (Å²) in [5.41, 5.74) is 0.692. The lowest BCUT2D eigenvalue weighted by Crippen LogP contribution is -2.21. The van der Waals surface area contributed by atoms with Crippen LogP contribution < -0.4 is 15.6 Å². The minimum Gasteiger partial charge on any atom is -0.476 e. The van der Waals surface area contributed by atoms with E-state index in [0.717, 1.165) is 4.68 Å². The summed E-state index contributed by atoms with van der Waals surface area (Å²) in [5, 5.41) is 20.5. The van der Waals surface area contributed by atoms with Crippen LogP contribution >= 0.6 is 27.5 Å². The Morgan fingerprint density at radius 1 is 1.09 bits per heavy atom. The normalized spacial score (nSPS) is 11.3. The molecule has 0 saturated carbocycles. The van der Waals surface area contributed by atoms with Crippen LogP contribution in [0.25, 0.3) is 33.5 Å². The fourth-order valence-electron chi connectivity index (χ4n) is 4.48. The summed E-state index contributed by atoms with van der Waals surface area (Å²) in [7, 11) is 0. The minimum atomic E-state index is -0.638. The van der Waals surface area contributed by atoms with E-state index in [1.807, 2.05) is 0 Å². The Morgan fingerprint density at radius 2 is 1.86 bits per heavy atom. The highest BCUT2D eigenvalue weighted by Crippen LogP contribution is 2.34. The van der Waals surface area contributed by atoms with Gasteiger partial charge in [-0.3, -0.25) is 19.7 Å². The van der Waals surface area contributed by atoms with E-state index in [2.05, 4.69) is 31.3 Å². The number of amides is 1. The number of halogens is 2. The molecule has 0 aliphatic rings. The van der Waals surface area contributed by atoms with Crippen LogP contribution in [-0.4, -0.2) is 33.3 Å². The summed E-state index contributed by atoms with van der Waals surface area (Å²) in [5.74, 6) is -0.409. The number of ether oxygens (including phenoxy) is 1. The molecule has 0 unspecified atom stereocenters. The Morgan fingerprint density at radius 3 is 2.66 bits per heavy atom. The molecule has 0 radical (unpaired) electrons. The summed E-state index contributed by atoms with van der Waals surface area (Å²) in [6, 6.07) is 25.0. The van der Waals surface area contributed by atoms with Gasteiger partial charge in [-0.2, -0.15) is 9.78 Å². The van der Waals surface area contributed by atoms with E-state index in [1.165, 1.54) is 18.3 Å². The second kappa shape index (κ2) is 12.1. The number of aromatic nitrogens is 2. The fraction of sp³-hybridized carbons (Fsp3) is 0.0323. The molecule has 6 rings (SSSR count). The van der Waals surface area contributed by atoms with Crippen LogP contribution in [0.15, 0.2) is 110 Å². The molecule has 0 atom stereocenters.